The SMILES string of the molecule is CCN(CCN(CC(=O)[O-])CC(COc1ccc(-c2ccccc2NC(=O)C(CCCC(C)=O)NC)cc1)N(CC(=O)[O-])CC(=O)[O-])CC(=O)[O-].[Gd].[Gd].[Gd]. The molecule has 304 valence electrons. The molecule has 54 heavy (non-hydrogen) atoms. The van der Waals surface area contributed by atoms with Gasteiger partial charge in [-0.15, -0.1) is 0 Å². The van der Waals surface area contributed by atoms with Crippen LogP contribution in [0.2, 0.25) is 0 Å². The number of Topliss-reactive ketones (excluding diaryl/α,β-unsaturated/α-hetero) is 1. The Labute approximate surface area is 411 Å². The predicted octanol–water partition coefficient (Wildman–Crippen LogP) is -3.69. The van der Waals surface area contributed by atoms with Gasteiger partial charge in [-0.3, -0.25) is 19.5 Å². The number of likely N-dealkylation sites (N-methyl/N-ethyl adjacent to an activating group) is 2. The van der Waals surface area contributed by atoms with E-state index in [4.69, 9.17) is 4.74 Å². The molecule has 2 aromatic rings. The Morgan fingerprint density at radius 3 is 1.81 bits per heavy atom. The molecule has 0 saturated heterocycles. The third kappa shape index (κ3) is 22.1. The Bertz CT molecular complexity index is 1470. The molecule has 0 aliphatic rings. The number of amides is 1. The maximum Gasteiger partial charge on any atom is 0.241 e. The maximum absolute atomic E-state index is 13.0. The monoisotopic (exact) mass is 1190 g/mol. The number of carbonyl (C=O) groups excluding carboxylic acids is 6. The van der Waals surface area contributed by atoms with E-state index in [1.807, 2.05) is 12.1 Å². The number of ketones is 1. The molecule has 2 N–H and O–H groups in total. The molecule has 0 bridgehead atoms. The van der Waals surface area contributed by atoms with Crippen LogP contribution in [0.25, 0.3) is 11.1 Å². The van der Waals surface area contributed by atoms with Gasteiger partial charge in [0.25, 0.3) is 0 Å². The number of carboxylic acids is 4. The number of anilines is 1. The summed E-state index contributed by atoms with van der Waals surface area (Å²) < 4.78 is 5.95. The molecular weight excluding hydrogens is 1140 g/mol. The number of para-hydroxylation sites is 1. The van der Waals surface area contributed by atoms with Crippen LogP contribution in [-0.4, -0.2) is 128 Å². The average molecular weight is 1180 g/mol. The van der Waals surface area contributed by atoms with Crippen molar-refractivity contribution < 1.29 is 174 Å². The van der Waals surface area contributed by atoms with E-state index in [1.165, 1.54) is 16.7 Å². The van der Waals surface area contributed by atoms with Crippen LogP contribution in [0.15, 0.2) is 48.5 Å². The summed E-state index contributed by atoms with van der Waals surface area (Å²) in [7, 11) is 1.67. The summed E-state index contributed by atoms with van der Waals surface area (Å²) >= 11 is 0. The summed E-state index contributed by atoms with van der Waals surface area (Å²) in [6.45, 7) is 0.572. The molecule has 2 atom stereocenters. The van der Waals surface area contributed by atoms with E-state index in [0.717, 1.165) is 10.5 Å². The fraction of sp³-hybridized carbons (Fsp3) is 0.486. The zero-order valence-corrected chi connectivity index (χ0v) is 37.0. The van der Waals surface area contributed by atoms with Crippen molar-refractivity contribution in [3.8, 4) is 16.9 Å². The Hall–Kier alpha value is -0.926. The van der Waals surface area contributed by atoms with Gasteiger partial charge in [0.1, 0.15) is 18.1 Å². The first-order chi connectivity index (χ1) is 24.2. The van der Waals surface area contributed by atoms with Gasteiger partial charge < -0.3 is 59.8 Å². The van der Waals surface area contributed by atoms with Crippen LogP contribution in [0.1, 0.15) is 33.1 Å². The molecule has 0 saturated carbocycles. The van der Waals surface area contributed by atoms with E-state index < -0.39 is 62.1 Å². The number of ether oxygens (including phenoxy) is 1. The summed E-state index contributed by atoms with van der Waals surface area (Å²) in [5.41, 5.74) is 1.98. The third-order valence-electron chi connectivity index (χ3n) is 8.01. The normalized spacial score (nSPS) is 11.7. The van der Waals surface area contributed by atoms with Gasteiger partial charge in [-0.25, -0.2) is 0 Å². The zero-order valence-electron chi connectivity index (χ0n) is 30.2. The van der Waals surface area contributed by atoms with Crippen LogP contribution in [-0.2, 0) is 28.8 Å². The predicted molar refractivity (Wildman–Crippen MR) is 177 cm³/mol. The van der Waals surface area contributed by atoms with Crippen molar-refractivity contribution >= 4 is 41.3 Å². The number of carboxylic acid groups (broad SMARTS) is 4. The van der Waals surface area contributed by atoms with Crippen LogP contribution in [0.4, 0.5) is 5.69 Å². The van der Waals surface area contributed by atoms with Crippen molar-refractivity contribution in [1.82, 2.24) is 20.0 Å². The van der Waals surface area contributed by atoms with Crippen LogP contribution < -0.4 is 35.8 Å². The van der Waals surface area contributed by atoms with E-state index in [1.54, 1.807) is 50.4 Å². The summed E-state index contributed by atoms with van der Waals surface area (Å²) in [5, 5.41) is 51.7. The molecule has 0 spiro atoms. The molecule has 2 aromatic carbocycles. The summed E-state index contributed by atoms with van der Waals surface area (Å²) in [5.74, 6) is -5.81. The van der Waals surface area contributed by atoms with Crippen LogP contribution in [0.3, 0.4) is 0 Å². The number of nitrogens with zero attached hydrogens (tertiary/aromatic N) is 3. The molecule has 0 heterocycles. The van der Waals surface area contributed by atoms with Gasteiger partial charge in [0.15, 0.2) is 0 Å². The van der Waals surface area contributed by atoms with Crippen LogP contribution >= 0.6 is 0 Å². The zero-order chi connectivity index (χ0) is 37.9. The Morgan fingerprint density at radius 1 is 0.759 bits per heavy atom. The molecule has 2 unspecified atom stereocenters. The molecule has 1 amide bonds. The minimum absolute atomic E-state index is 0. The smallest absolute Gasteiger partial charge is 0.241 e. The van der Waals surface area contributed by atoms with Gasteiger partial charge in [-0.2, -0.15) is 0 Å². The van der Waals surface area contributed by atoms with Crippen molar-refractivity contribution in [2.45, 2.75) is 45.2 Å². The van der Waals surface area contributed by atoms with E-state index in [-0.39, 0.29) is 158 Å². The first-order valence-corrected chi connectivity index (χ1v) is 16.5. The number of nitrogens with one attached hydrogen (secondary N) is 2. The minimum atomic E-state index is -1.58. The maximum atomic E-state index is 13.0. The van der Waals surface area contributed by atoms with Crippen LogP contribution in [0.5, 0.6) is 5.75 Å². The Morgan fingerprint density at radius 2 is 1.30 bits per heavy atom. The average Bonchev–Trinajstić information content (AvgIpc) is 3.06. The van der Waals surface area contributed by atoms with Gasteiger partial charge in [-0.1, -0.05) is 37.3 Å². The quantitative estimate of drug-likeness (QED) is 0.0923. The van der Waals surface area contributed by atoms with E-state index in [0.29, 0.717) is 42.8 Å². The molecule has 19 heteroatoms. The molecule has 0 aliphatic carbocycles. The fourth-order valence-electron chi connectivity index (χ4n) is 5.40. The fourth-order valence-corrected chi connectivity index (χ4v) is 5.40. The first kappa shape index (κ1) is 55.2. The van der Waals surface area contributed by atoms with Gasteiger partial charge in [-0.05, 0) is 57.1 Å². The van der Waals surface area contributed by atoms with Crippen molar-refractivity contribution in [2.24, 2.45) is 0 Å². The number of rotatable bonds is 26. The molecule has 0 aromatic heterocycles. The molecule has 0 radical (unpaired) electrons. The number of hydrogen-bond acceptors (Lipinski definition) is 15. The number of aliphatic carboxylic acids is 4. The van der Waals surface area contributed by atoms with Gasteiger partial charge in [0.2, 0.25) is 5.91 Å². The van der Waals surface area contributed by atoms with Gasteiger partial charge in [0, 0.05) is 183 Å². The van der Waals surface area contributed by atoms with Gasteiger partial charge >= 0.3 is 0 Å². The number of hydrogen-bond donors (Lipinski definition) is 2. The first-order valence-electron chi connectivity index (χ1n) is 16.5. The molecule has 2 rings (SSSR count). The minimum Gasteiger partial charge on any atom is -0.549 e. The van der Waals surface area contributed by atoms with Crippen molar-refractivity contribution in [3.05, 3.63) is 48.5 Å². The van der Waals surface area contributed by atoms with E-state index in [9.17, 15) is 49.2 Å². The second-order valence-electron chi connectivity index (χ2n) is 12.0. The largest absolute Gasteiger partial charge is 0.549 e. The second kappa shape index (κ2) is 30.2. The molecule has 0 fully saturated rings. The number of benzene rings is 2. The summed E-state index contributed by atoms with van der Waals surface area (Å²) in [6.07, 6.45) is 1.42. The third-order valence-corrected chi connectivity index (χ3v) is 8.01. The molecule has 0 aliphatic heterocycles. The van der Waals surface area contributed by atoms with Crippen molar-refractivity contribution in [1.29, 1.82) is 0 Å². The Kier molecular flexibility index (Phi) is 30.8. The topological polar surface area (TPSA) is 238 Å². The Balaban J connectivity index is 0. The van der Waals surface area contributed by atoms with Crippen molar-refractivity contribution in [3.63, 3.8) is 0 Å². The summed E-state index contributed by atoms with van der Waals surface area (Å²) in [4.78, 5) is 74.0. The van der Waals surface area contributed by atoms with Crippen LogP contribution in [0, 0.1) is 120 Å². The molecule has 16 nitrogen and oxygen atoms in total. The van der Waals surface area contributed by atoms with Crippen molar-refractivity contribution in [2.75, 3.05) is 71.3 Å². The standard InChI is InChI=1S/C35H49N5O11.3Gd/c1-4-38(19-31(42)43)16-17-39(20-32(44)45)18-26(40(21-33(46)47)22-34(48)49)23-51-27-14-12-25(13-15-27)28-9-5-6-10-29(28)37-35(50)30(36-3)11-7-8-24(2)41;;;/h5-6,9-10,12-15,26,30,36H,4,7-8,11,16-23H2,1-3H3,(H,37,50)(H,42,43)(H,44,45)(H,46,47)(H,48,49);;;/p-4. The summed E-state index contributed by atoms with van der Waals surface area (Å²) in [6, 6.07) is 12.4. The van der Waals surface area contributed by atoms with Gasteiger partial charge in [0.05, 0.1) is 36.0 Å². The van der Waals surface area contributed by atoms with E-state index >= 15 is 0 Å². The number of carbonyl (C=O) groups is 6. The van der Waals surface area contributed by atoms with E-state index in [2.05, 4.69) is 10.6 Å². The second-order valence-corrected chi connectivity index (χ2v) is 12.0. The molecular formula is C35H45Gd3N5O11-4.